The van der Waals surface area contributed by atoms with E-state index in [0.29, 0.717) is 18.2 Å². The van der Waals surface area contributed by atoms with E-state index in [9.17, 15) is 4.79 Å². The number of hydrogen-bond donors (Lipinski definition) is 1. The van der Waals surface area contributed by atoms with Crippen molar-refractivity contribution in [3.8, 4) is 0 Å². The Morgan fingerprint density at radius 3 is 2.68 bits per heavy atom. The molecule has 3 nitrogen and oxygen atoms in total. The van der Waals surface area contributed by atoms with E-state index in [2.05, 4.69) is 36.1 Å². The van der Waals surface area contributed by atoms with Crippen molar-refractivity contribution in [1.82, 2.24) is 4.90 Å². The number of amides is 1. The second-order valence-corrected chi connectivity index (χ2v) is 6.66. The third kappa shape index (κ3) is 3.47. The predicted octanol–water partition coefficient (Wildman–Crippen LogP) is 3.60. The quantitative estimate of drug-likeness (QED) is 0.924. The molecular formula is C18H27ClN2O. The molecule has 1 aliphatic heterocycles. The number of rotatable bonds is 3. The van der Waals surface area contributed by atoms with Gasteiger partial charge >= 0.3 is 0 Å². The average molecular weight is 323 g/mol. The molecule has 2 N–H and O–H groups in total. The first-order valence-corrected chi connectivity index (χ1v) is 8.27. The van der Waals surface area contributed by atoms with Gasteiger partial charge in [0.05, 0.1) is 6.04 Å². The summed E-state index contributed by atoms with van der Waals surface area (Å²) in [6.45, 7) is 3.04. The van der Waals surface area contributed by atoms with Crippen LogP contribution < -0.4 is 5.73 Å². The van der Waals surface area contributed by atoms with Crippen molar-refractivity contribution in [2.75, 3.05) is 6.54 Å². The summed E-state index contributed by atoms with van der Waals surface area (Å²) in [5, 5.41) is 0. The van der Waals surface area contributed by atoms with Gasteiger partial charge in [0.1, 0.15) is 0 Å². The highest BCUT2D eigenvalue weighted by Gasteiger charge is 2.33. The van der Waals surface area contributed by atoms with Crippen molar-refractivity contribution in [3.05, 3.63) is 35.4 Å². The van der Waals surface area contributed by atoms with Gasteiger partial charge in [-0.25, -0.2) is 0 Å². The van der Waals surface area contributed by atoms with E-state index in [1.807, 2.05) is 0 Å². The molecule has 3 atom stereocenters. The standard InChI is InChI=1S/C18H26N2O.ClH/c1-13-6-2-3-8-15(13)17-10-5-11-20(17)18(21)12-14-7-4-9-16(14)19;/h2-3,6,8,14,16-17H,4-5,7,9-12,19H2,1H3;1H/t14-,16+,17?;/m0./s1. The summed E-state index contributed by atoms with van der Waals surface area (Å²) in [4.78, 5) is 14.8. The molecule has 1 amide bonds. The van der Waals surface area contributed by atoms with Crippen LogP contribution in [0.15, 0.2) is 24.3 Å². The van der Waals surface area contributed by atoms with Gasteiger partial charge in [0, 0.05) is 19.0 Å². The number of halogens is 1. The van der Waals surface area contributed by atoms with Gasteiger partial charge in [0.25, 0.3) is 0 Å². The number of likely N-dealkylation sites (tertiary alicyclic amines) is 1. The predicted molar refractivity (Wildman–Crippen MR) is 92.0 cm³/mol. The summed E-state index contributed by atoms with van der Waals surface area (Å²) < 4.78 is 0. The number of carbonyl (C=O) groups is 1. The Labute approximate surface area is 139 Å². The Hall–Kier alpha value is -1.06. The van der Waals surface area contributed by atoms with Gasteiger partial charge in [-0.2, -0.15) is 0 Å². The maximum Gasteiger partial charge on any atom is 0.223 e. The lowest BCUT2D eigenvalue weighted by Gasteiger charge is -2.28. The molecule has 2 fully saturated rings. The summed E-state index contributed by atoms with van der Waals surface area (Å²) in [6, 6.07) is 8.97. The molecule has 0 bridgehead atoms. The lowest BCUT2D eigenvalue weighted by molar-refractivity contribution is -0.133. The molecule has 0 spiro atoms. The van der Waals surface area contributed by atoms with E-state index in [-0.39, 0.29) is 24.5 Å². The summed E-state index contributed by atoms with van der Waals surface area (Å²) in [5.74, 6) is 0.707. The summed E-state index contributed by atoms with van der Waals surface area (Å²) in [5.41, 5.74) is 8.74. The van der Waals surface area contributed by atoms with E-state index < -0.39 is 0 Å². The number of benzene rings is 1. The molecule has 1 aromatic carbocycles. The minimum absolute atomic E-state index is 0. The molecular weight excluding hydrogens is 296 g/mol. The first-order chi connectivity index (χ1) is 10.2. The third-order valence-corrected chi connectivity index (χ3v) is 5.28. The second-order valence-electron chi connectivity index (χ2n) is 6.66. The molecule has 1 saturated heterocycles. The van der Waals surface area contributed by atoms with E-state index in [4.69, 9.17) is 5.73 Å². The molecule has 0 aromatic heterocycles. The Morgan fingerprint density at radius 1 is 1.23 bits per heavy atom. The highest BCUT2D eigenvalue weighted by atomic mass is 35.5. The van der Waals surface area contributed by atoms with Crippen LogP contribution >= 0.6 is 12.4 Å². The number of aryl methyl sites for hydroxylation is 1. The first-order valence-electron chi connectivity index (χ1n) is 8.27. The van der Waals surface area contributed by atoms with Crippen molar-refractivity contribution in [2.24, 2.45) is 11.7 Å². The van der Waals surface area contributed by atoms with E-state index >= 15 is 0 Å². The maximum atomic E-state index is 12.7. The van der Waals surface area contributed by atoms with Crippen LogP contribution in [0.5, 0.6) is 0 Å². The van der Waals surface area contributed by atoms with Crippen molar-refractivity contribution in [2.45, 2.75) is 57.5 Å². The highest BCUT2D eigenvalue weighted by Crippen LogP contribution is 2.35. The average Bonchev–Trinajstić information content (AvgIpc) is 3.09. The van der Waals surface area contributed by atoms with Gasteiger partial charge in [-0.15, -0.1) is 12.4 Å². The zero-order chi connectivity index (χ0) is 14.8. The molecule has 1 unspecified atom stereocenters. The molecule has 0 radical (unpaired) electrons. The van der Waals surface area contributed by atoms with Crippen LogP contribution in [0.25, 0.3) is 0 Å². The molecule has 22 heavy (non-hydrogen) atoms. The lowest BCUT2D eigenvalue weighted by atomic mass is 9.97. The van der Waals surface area contributed by atoms with Crippen LogP contribution in [0.4, 0.5) is 0 Å². The van der Waals surface area contributed by atoms with Crippen molar-refractivity contribution < 1.29 is 4.79 Å². The Bertz CT molecular complexity index is 520. The lowest BCUT2D eigenvalue weighted by Crippen LogP contribution is -2.35. The molecule has 1 aliphatic carbocycles. The molecule has 3 rings (SSSR count). The molecule has 1 aromatic rings. The molecule has 1 saturated carbocycles. The topological polar surface area (TPSA) is 46.3 Å². The van der Waals surface area contributed by atoms with Crippen LogP contribution in [0.1, 0.15) is 55.7 Å². The van der Waals surface area contributed by atoms with E-state index in [1.54, 1.807) is 0 Å². The van der Waals surface area contributed by atoms with Crippen LogP contribution in [-0.2, 0) is 4.79 Å². The fraction of sp³-hybridized carbons (Fsp3) is 0.611. The van der Waals surface area contributed by atoms with Crippen LogP contribution in [-0.4, -0.2) is 23.4 Å². The zero-order valence-electron chi connectivity index (χ0n) is 13.3. The van der Waals surface area contributed by atoms with Crippen LogP contribution in [0, 0.1) is 12.8 Å². The second kappa shape index (κ2) is 7.47. The Morgan fingerprint density at radius 2 is 2.00 bits per heavy atom. The smallest absolute Gasteiger partial charge is 0.223 e. The van der Waals surface area contributed by atoms with Gasteiger partial charge in [-0.1, -0.05) is 30.7 Å². The Balaban J connectivity index is 0.00000176. The number of nitrogens with two attached hydrogens (primary N) is 1. The normalized spacial score (nSPS) is 27.7. The van der Waals surface area contributed by atoms with Crippen LogP contribution in [0.3, 0.4) is 0 Å². The number of carbonyl (C=O) groups excluding carboxylic acids is 1. The highest BCUT2D eigenvalue weighted by molar-refractivity contribution is 5.85. The first kappa shape index (κ1) is 17.3. The van der Waals surface area contributed by atoms with Crippen molar-refractivity contribution in [3.63, 3.8) is 0 Å². The number of nitrogens with zero attached hydrogens (tertiary/aromatic N) is 1. The SMILES string of the molecule is Cc1ccccc1C1CCCN1C(=O)C[C@@H]1CCC[C@H]1N.Cl. The van der Waals surface area contributed by atoms with Crippen LogP contribution in [0.2, 0.25) is 0 Å². The molecule has 1 heterocycles. The molecule has 2 aliphatic rings. The fourth-order valence-corrected chi connectivity index (χ4v) is 4.01. The van der Waals surface area contributed by atoms with Gasteiger partial charge < -0.3 is 10.6 Å². The van der Waals surface area contributed by atoms with Gasteiger partial charge in [-0.3, -0.25) is 4.79 Å². The Kier molecular flexibility index (Phi) is 5.87. The largest absolute Gasteiger partial charge is 0.336 e. The van der Waals surface area contributed by atoms with Gasteiger partial charge in [0.15, 0.2) is 0 Å². The van der Waals surface area contributed by atoms with Gasteiger partial charge in [-0.05, 0) is 49.7 Å². The third-order valence-electron chi connectivity index (χ3n) is 5.28. The zero-order valence-corrected chi connectivity index (χ0v) is 14.1. The maximum absolute atomic E-state index is 12.7. The minimum atomic E-state index is 0. The van der Waals surface area contributed by atoms with Crippen molar-refractivity contribution in [1.29, 1.82) is 0 Å². The minimum Gasteiger partial charge on any atom is -0.336 e. The molecule has 4 heteroatoms. The summed E-state index contributed by atoms with van der Waals surface area (Å²) >= 11 is 0. The monoisotopic (exact) mass is 322 g/mol. The summed E-state index contributed by atoms with van der Waals surface area (Å²) in [7, 11) is 0. The summed E-state index contributed by atoms with van der Waals surface area (Å²) in [6.07, 6.45) is 6.23. The van der Waals surface area contributed by atoms with E-state index in [1.165, 1.54) is 17.5 Å². The molecule has 122 valence electrons. The van der Waals surface area contributed by atoms with Gasteiger partial charge in [0.2, 0.25) is 5.91 Å². The number of hydrogen-bond acceptors (Lipinski definition) is 2. The fourth-order valence-electron chi connectivity index (χ4n) is 4.01. The van der Waals surface area contributed by atoms with Crippen molar-refractivity contribution >= 4 is 18.3 Å². The van der Waals surface area contributed by atoms with E-state index in [0.717, 1.165) is 32.2 Å².